The number of nitrogens with zero attached hydrogens (tertiary/aromatic N) is 1. The minimum atomic E-state index is -0.618. The Balaban J connectivity index is 2.52. The Morgan fingerprint density at radius 3 is 2.53 bits per heavy atom. The second-order valence-electron chi connectivity index (χ2n) is 2.90. The lowest BCUT2D eigenvalue weighted by molar-refractivity contribution is 0.0991. The van der Waals surface area contributed by atoms with Crippen LogP contribution in [0.2, 0.25) is 0 Å². The molecule has 1 aromatic heterocycles. The van der Waals surface area contributed by atoms with Crippen LogP contribution in [0.15, 0.2) is 39.3 Å². The number of primary amides is 1. The van der Waals surface area contributed by atoms with E-state index in [0.29, 0.717) is 10.2 Å². The summed E-state index contributed by atoms with van der Waals surface area (Å²) in [6.07, 6.45) is 0. The summed E-state index contributed by atoms with van der Waals surface area (Å²) in [5.74, 6) is -0.114. The average molecular weight is 267 g/mol. The highest BCUT2D eigenvalue weighted by atomic mass is 79.9. The molecule has 2 N–H and O–H groups in total. The van der Waals surface area contributed by atoms with E-state index >= 15 is 0 Å². The number of benzene rings is 1. The van der Waals surface area contributed by atoms with Crippen LogP contribution in [-0.4, -0.2) is 11.1 Å². The van der Waals surface area contributed by atoms with E-state index in [-0.39, 0.29) is 5.69 Å². The summed E-state index contributed by atoms with van der Waals surface area (Å²) in [5.41, 5.74) is 6.06. The number of hydrogen-bond acceptors (Lipinski definition) is 3. The normalized spacial score (nSPS) is 10.2. The Morgan fingerprint density at radius 2 is 2.00 bits per heavy atom. The van der Waals surface area contributed by atoms with E-state index < -0.39 is 5.91 Å². The van der Waals surface area contributed by atoms with Gasteiger partial charge in [0.2, 0.25) is 0 Å². The first-order valence-electron chi connectivity index (χ1n) is 4.20. The van der Waals surface area contributed by atoms with Crippen LogP contribution >= 0.6 is 15.9 Å². The molecular formula is C10H7BrN2O2. The van der Waals surface area contributed by atoms with Gasteiger partial charge >= 0.3 is 0 Å². The molecule has 0 saturated heterocycles. The van der Waals surface area contributed by atoms with Gasteiger partial charge in [-0.15, -0.1) is 0 Å². The molecule has 1 amide bonds. The maximum absolute atomic E-state index is 10.9. The third-order valence-electron chi connectivity index (χ3n) is 1.90. The van der Waals surface area contributed by atoms with E-state index in [0.717, 1.165) is 5.56 Å². The molecule has 0 fully saturated rings. The zero-order valence-corrected chi connectivity index (χ0v) is 9.19. The van der Waals surface area contributed by atoms with Crippen molar-refractivity contribution in [2.45, 2.75) is 0 Å². The van der Waals surface area contributed by atoms with Crippen molar-refractivity contribution in [1.29, 1.82) is 0 Å². The lowest BCUT2D eigenvalue weighted by Gasteiger charge is -1.94. The highest BCUT2D eigenvalue weighted by Gasteiger charge is 2.18. The third-order valence-corrected chi connectivity index (χ3v) is 2.64. The summed E-state index contributed by atoms with van der Waals surface area (Å²) in [4.78, 5) is 10.9. The zero-order valence-electron chi connectivity index (χ0n) is 7.61. The van der Waals surface area contributed by atoms with E-state index in [4.69, 9.17) is 10.3 Å². The van der Waals surface area contributed by atoms with Crippen molar-refractivity contribution in [2.75, 3.05) is 0 Å². The van der Waals surface area contributed by atoms with Crippen LogP contribution < -0.4 is 5.73 Å². The fourth-order valence-corrected chi connectivity index (χ4v) is 1.77. The molecule has 0 unspecified atom stereocenters. The first-order chi connectivity index (χ1) is 7.20. The van der Waals surface area contributed by atoms with Crippen LogP contribution in [0.1, 0.15) is 10.5 Å². The lowest BCUT2D eigenvalue weighted by Crippen LogP contribution is -2.11. The van der Waals surface area contributed by atoms with Crippen LogP contribution in [0, 0.1) is 0 Å². The topological polar surface area (TPSA) is 69.1 Å². The quantitative estimate of drug-likeness (QED) is 0.906. The Morgan fingerprint density at radius 1 is 1.33 bits per heavy atom. The van der Waals surface area contributed by atoms with Gasteiger partial charge in [0.05, 0.1) is 4.47 Å². The number of amides is 1. The van der Waals surface area contributed by atoms with Gasteiger partial charge in [0.15, 0.2) is 11.5 Å². The molecule has 0 bridgehead atoms. The van der Waals surface area contributed by atoms with Gasteiger partial charge < -0.3 is 10.3 Å². The Hall–Kier alpha value is -1.62. The number of hydrogen-bond donors (Lipinski definition) is 1. The molecule has 2 aromatic rings. The first-order valence-corrected chi connectivity index (χ1v) is 5.00. The summed E-state index contributed by atoms with van der Waals surface area (Å²) >= 11 is 3.23. The largest absolute Gasteiger partial charge is 0.364 e. The van der Waals surface area contributed by atoms with E-state index in [2.05, 4.69) is 21.1 Å². The SMILES string of the molecule is NC(=O)c1noc(-c2ccccc2)c1Br. The maximum Gasteiger partial charge on any atom is 0.272 e. The van der Waals surface area contributed by atoms with Crippen molar-refractivity contribution in [1.82, 2.24) is 5.16 Å². The van der Waals surface area contributed by atoms with E-state index in [1.165, 1.54) is 0 Å². The summed E-state index contributed by atoms with van der Waals surface area (Å²) in [6, 6.07) is 9.34. The van der Waals surface area contributed by atoms with E-state index in [1.807, 2.05) is 30.3 Å². The molecule has 2 rings (SSSR count). The number of halogens is 1. The Labute approximate surface area is 94.2 Å². The molecule has 1 heterocycles. The molecule has 5 heteroatoms. The maximum atomic E-state index is 10.9. The van der Waals surface area contributed by atoms with Crippen molar-refractivity contribution < 1.29 is 9.32 Å². The molecule has 0 radical (unpaired) electrons. The van der Waals surface area contributed by atoms with Crippen molar-refractivity contribution >= 4 is 21.8 Å². The van der Waals surface area contributed by atoms with Crippen LogP contribution in [0.25, 0.3) is 11.3 Å². The summed E-state index contributed by atoms with van der Waals surface area (Å²) in [7, 11) is 0. The molecule has 0 spiro atoms. The summed E-state index contributed by atoms with van der Waals surface area (Å²) in [6.45, 7) is 0. The highest BCUT2D eigenvalue weighted by molar-refractivity contribution is 9.10. The van der Waals surface area contributed by atoms with E-state index in [1.54, 1.807) is 0 Å². The average Bonchev–Trinajstić information content (AvgIpc) is 2.61. The Bertz CT molecular complexity index is 493. The second-order valence-corrected chi connectivity index (χ2v) is 3.70. The number of aromatic nitrogens is 1. The van der Waals surface area contributed by atoms with Gasteiger partial charge in [0.1, 0.15) is 0 Å². The fraction of sp³-hybridized carbons (Fsp3) is 0. The van der Waals surface area contributed by atoms with Gasteiger partial charge in [-0.05, 0) is 15.9 Å². The van der Waals surface area contributed by atoms with Gasteiger partial charge in [-0.25, -0.2) is 0 Å². The molecule has 0 aliphatic carbocycles. The predicted octanol–water partition coefficient (Wildman–Crippen LogP) is 2.20. The number of rotatable bonds is 2. The third kappa shape index (κ3) is 1.78. The standard InChI is InChI=1S/C10H7BrN2O2/c11-7-8(10(12)14)13-15-9(7)6-4-2-1-3-5-6/h1-5H,(H2,12,14). The number of carbonyl (C=O) groups is 1. The minimum absolute atomic E-state index is 0.105. The van der Waals surface area contributed by atoms with Gasteiger partial charge in [0, 0.05) is 5.56 Å². The first kappa shape index (κ1) is 9.92. The van der Waals surface area contributed by atoms with Gasteiger partial charge in [-0.3, -0.25) is 4.79 Å². The van der Waals surface area contributed by atoms with Gasteiger partial charge in [-0.1, -0.05) is 35.5 Å². The molecule has 0 atom stereocenters. The molecular weight excluding hydrogens is 260 g/mol. The van der Waals surface area contributed by atoms with Crippen molar-refractivity contribution in [3.8, 4) is 11.3 Å². The molecule has 4 nitrogen and oxygen atoms in total. The lowest BCUT2D eigenvalue weighted by atomic mass is 10.1. The van der Waals surface area contributed by atoms with Crippen LogP contribution in [0.5, 0.6) is 0 Å². The zero-order chi connectivity index (χ0) is 10.8. The van der Waals surface area contributed by atoms with Crippen molar-refractivity contribution in [3.63, 3.8) is 0 Å². The number of nitrogens with two attached hydrogens (primary N) is 1. The monoisotopic (exact) mass is 266 g/mol. The molecule has 0 aliphatic rings. The second kappa shape index (κ2) is 3.86. The van der Waals surface area contributed by atoms with Crippen molar-refractivity contribution in [2.24, 2.45) is 5.73 Å². The van der Waals surface area contributed by atoms with E-state index in [9.17, 15) is 4.79 Å². The fourth-order valence-electron chi connectivity index (χ4n) is 1.20. The van der Waals surface area contributed by atoms with Crippen LogP contribution in [-0.2, 0) is 0 Å². The summed E-state index contributed by atoms with van der Waals surface area (Å²) < 4.78 is 5.53. The molecule has 0 saturated carbocycles. The Kier molecular flexibility index (Phi) is 2.55. The van der Waals surface area contributed by atoms with Gasteiger partial charge in [-0.2, -0.15) is 0 Å². The minimum Gasteiger partial charge on any atom is -0.364 e. The van der Waals surface area contributed by atoms with Crippen molar-refractivity contribution in [3.05, 3.63) is 40.5 Å². The molecule has 76 valence electrons. The summed E-state index contributed by atoms with van der Waals surface area (Å²) in [5, 5.41) is 3.60. The van der Waals surface area contributed by atoms with Crippen LogP contribution in [0.3, 0.4) is 0 Å². The molecule has 0 aliphatic heterocycles. The highest BCUT2D eigenvalue weighted by Crippen LogP contribution is 2.30. The molecule has 1 aromatic carbocycles. The smallest absolute Gasteiger partial charge is 0.272 e. The van der Waals surface area contributed by atoms with Gasteiger partial charge in [0.25, 0.3) is 5.91 Å². The number of carbonyl (C=O) groups excluding carboxylic acids is 1. The predicted molar refractivity (Wildman–Crippen MR) is 58.2 cm³/mol. The molecule has 15 heavy (non-hydrogen) atoms. The van der Waals surface area contributed by atoms with Crippen LogP contribution in [0.4, 0.5) is 0 Å².